The molecule has 2 aromatic carbocycles. The summed E-state index contributed by atoms with van der Waals surface area (Å²) in [7, 11) is -3.33. The first-order chi connectivity index (χ1) is 13.8. The summed E-state index contributed by atoms with van der Waals surface area (Å²) in [5.41, 5.74) is 3.03. The van der Waals surface area contributed by atoms with Crippen molar-refractivity contribution < 1.29 is 22.7 Å². The van der Waals surface area contributed by atoms with Crippen LogP contribution in [0.5, 0.6) is 0 Å². The average Bonchev–Trinajstić information content (AvgIpc) is 3.06. The number of carbonyl (C=O) groups is 2. The summed E-state index contributed by atoms with van der Waals surface area (Å²) < 4.78 is 28.9. The van der Waals surface area contributed by atoms with Crippen molar-refractivity contribution >= 4 is 21.7 Å². The molecule has 152 valence electrons. The van der Waals surface area contributed by atoms with E-state index in [2.05, 4.69) is 0 Å². The smallest absolute Gasteiger partial charge is 0.338 e. The van der Waals surface area contributed by atoms with Gasteiger partial charge in [0.25, 0.3) is 5.91 Å². The Hall–Kier alpha value is -2.93. The van der Waals surface area contributed by atoms with Crippen LogP contribution in [0.1, 0.15) is 27.0 Å². The Morgan fingerprint density at radius 2 is 1.79 bits per heavy atom. The van der Waals surface area contributed by atoms with Crippen molar-refractivity contribution in [1.29, 1.82) is 0 Å². The lowest BCUT2D eigenvalue weighted by Crippen LogP contribution is -2.42. The number of aryl methyl sites for hydroxylation is 1. The Labute approximate surface area is 170 Å². The molecule has 0 aliphatic carbocycles. The third-order valence-electron chi connectivity index (χ3n) is 4.98. The quantitative estimate of drug-likeness (QED) is 0.681. The fourth-order valence-electron chi connectivity index (χ4n) is 3.18. The minimum absolute atomic E-state index is 0.170. The van der Waals surface area contributed by atoms with Crippen molar-refractivity contribution in [3.63, 3.8) is 0 Å². The molecule has 1 atom stereocenters. The van der Waals surface area contributed by atoms with Crippen LogP contribution in [0, 0.1) is 13.8 Å². The summed E-state index contributed by atoms with van der Waals surface area (Å²) in [4.78, 5) is 26.7. The second-order valence-corrected chi connectivity index (χ2v) is 8.99. The number of amides is 1. The van der Waals surface area contributed by atoms with Gasteiger partial charge in [0.15, 0.2) is 16.4 Å². The van der Waals surface area contributed by atoms with Crippen LogP contribution in [-0.2, 0) is 25.9 Å². The van der Waals surface area contributed by atoms with E-state index >= 15 is 0 Å². The van der Waals surface area contributed by atoms with Crippen molar-refractivity contribution in [2.45, 2.75) is 26.4 Å². The van der Waals surface area contributed by atoms with Crippen LogP contribution < -0.4 is 0 Å². The van der Waals surface area contributed by atoms with Gasteiger partial charge in [-0.05, 0) is 42.7 Å². The van der Waals surface area contributed by atoms with Gasteiger partial charge in [-0.3, -0.25) is 4.79 Å². The van der Waals surface area contributed by atoms with E-state index in [1.807, 2.05) is 50.2 Å². The van der Waals surface area contributed by atoms with Crippen LogP contribution >= 0.6 is 0 Å². The highest BCUT2D eigenvalue weighted by Gasteiger charge is 2.31. The van der Waals surface area contributed by atoms with Crippen LogP contribution in [0.4, 0.5) is 0 Å². The first-order valence-electron chi connectivity index (χ1n) is 9.24. The van der Waals surface area contributed by atoms with E-state index in [1.54, 1.807) is 12.1 Å². The zero-order valence-corrected chi connectivity index (χ0v) is 17.2. The van der Waals surface area contributed by atoms with E-state index in [0.29, 0.717) is 5.56 Å². The lowest BCUT2D eigenvalue weighted by atomic mass is 10.0. The van der Waals surface area contributed by atoms with Crippen molar-refractivity contribution in [3.05, 3.63) is 82.3 Å². The van der Waals surface area contributed by atoms with Crippen molar-refractivity contribution in [3.8, 4) is 0 Å². The molecule has 1 aliphatic rings. The van der Waals surface area contributed by atoms with E-state index < -0.39 is 34.4 Å². The topological polar surface area (TPSA) is 80.8 Å². The van der Waals surface area contributed by atoms with Gasteiger partial charge in [-0.15, -0.1) is 0 Å². The van der Waals surface area contributed by atoms with E-state index in [1.165, 1.54) is 11.0 Å². The summed E-state index contributed by atoms with van der Waals surface area (Å²) in [6, 6.07) is 14.0. The maximum Gasteiger partial charge on any atom is 0.338 e. The number of rotatable bonds is 6. The van der Waals surface area contributed by atoms with Gasteiger partial charge in [0, 0.05) is 12.0 Å². The monoisotopic (exact) mass is 413 g/mol. The van der Waals surface area contributed by atoms with Gasteiger partial charge in [-0.25, -0.2) is 13.2 Å². The molecule has 1 amide bonds. The summed E-state index contributed by atoms with van der Waals surface area (Å²) in [5.74, 6) is -1.19. The number of hydrogen-bond acceptors (Lipinski definition) is 5. The third kappa shape index (κ3) is 5.12. The predicted molar refractivity (Wildman–Crippen MR) is 110 cm³/mol. The van der Waals surface area contributed by atoms with Crippen molar-refractivity contribution in [2.75, 3.05) is 12.4 Å². The third-order valence-corrected chi connectivity index (χ3v) is 6.36. The second kappa shape index (κ2) is 8.61. The van der Waals surface area contributed by atoms with Crippen molar-refractivity contribution in [2.24, 2.45) is 0 Å². The molecule has 0 spiro atoms. The van der Waals surface area contributed by atoms with Crippen LogP contribution in [0.2, 0.25) is 0 Å². The molecule has 1 aliphatic heterocycles. The number of ether oxygens (including phenoxy) is 1. The summed E-state index contributed by atoms with van der Waals surface area (Å²) in [5, 5.41) is 1.13. The molecule has 0 fully saturated rings. The molecule has 0 saturated heterocycles. The van der Waals surface area contributed by atoms with Gasteiger partial charge in [-0.2, -0.15) is 0 Å². The Kier molecular flexibility index (Phi) is 6.17. The fourth-order valence-corrected chi connectivity index (χ4v) is 4.48. The highest BCUT2D eigenvalue weighted by molar-refractivity contribution is 7.94. The van der Waals surface area contributed by atoms with Gasteiger partial charge in [0.05, 0.1) is 17.4 Å². The van der Waals surface area contributed by atoms with Gasteiger partial charge in [-0.1, -0.05) is 42.5 Å². The van der Waals surface area contributed by atoms with Gasteiger partial charge in [0.1, 0.15) is 0 Å². The standard InChI is InChI=1S/C22H23NO5S/c1-16-7-6-10-20(17(16)2)22(25)28-14-21(24)23(13-18-8-4-3-5-9-18)19-11-12-29(26,27)15-19/h3-12,19H,13-15H2,1-2H3/t19-/m0/s1. The van der Waals surface area contributed by atoms with Crippen molar-refractivity contribution in [1.82, 2.24) is 4.90 Å². The van der Waals surface area contributed by atoms with Gasteiger partial charge in [0.2, 0.25) is 0 Å². The van der Waals surface area contributed by atoms with Crippen LogP contribution in [0.3, 0.4) is 0 Å². The zero-order valence-electron chi connectivity index (χ0n) is 16.4. The summed E-state index contributed by atoms with van der Waals surface area (Å²) in [6.07, 6.45) is 1.50. The number of sulfone groups is 1. The lowest BCUT2D eigenvalue weighted by molar-refractivity contribution is -0.136. The number of carbonyl (C=O) groups excluding carboxylic acids is 2. The number of benzene rings is 2. The number of hydrogen-bond donors (Lipinski definition) is 0. The second-order valence-electron chi connectivity index (χ2n) is 7.06. The largest absolute Gasteiger partial charge is 0.452 e. The predicted octanol–water partition coefficient (Wildman–Crippen LogP) is 2.80. The van der Waals surface area contributed by atoms with E-state index in [4.69, 9.17) is 4.74 Å². The molecule has 0 saturated carbocycles. The van der Waals surface area contributed by atoms with Gasteiger partial charge < -0.3 is 9.64 Å². The molecule has 2 aromatic rings. The molecule has 7 heteroatoms. The molecule has 3 rings (SSSR count). The summed E-state index contributed by atoms with van der Waals surface area (Å²) in [6.45, 7) is 3.49. The molecule has 0 radical (unpaired) electrons. The molecule has 0 aromatic heterocycles. The average molecular weight is 413 g/mol. The highest BCUT2D eigenvalue weighted by atomic mass is 32.2. The first-order valence-corrected chi connectivity index (χ1v) is 11.0. The molecule has 0 bridgehead atoms. The first kappa shape index (κ1) is 20.8. The minimum Gasteiger partial charge on any atom is -0.452 e. The number of nitrogens with zero attached hydrogens (tertiary/aromatic N) is 1. The van der Waals surface area contributed by atoms with E-state index in [-0.39, 0.29) is 12.3 Å². The Morgan fingerprint density at radius 3 is 2.45 bits per heavy atom. The molecule has 6 nitrogen and oxygen atoms in total. The Morgan fingerprint density at radius 1 is 1.07 bits per heavy atom. The van der Waals surface area contributed by atoms with Crippen LogP contribution in [0.25, 0.3) is 0 Å². The number of esters is 1. The Bertz CT molecular complexity index is 1040. The SMILES string of the molecule is Cc1cccc(C(=O)OCC(=O)N(Cc2ccccc2)[C@H]2C=CS(=O)(=O)C2)c1C. The van der Waals surface area contributed by atoms with Gasteiger partial charge >= 0.3 is 5.97 Å². The molecular formula is C22H23NO5S. The molecular weight excluding hydrogens is 390 g/mol. The van der Waals surface area contributed by atoms with E-state index in [9.17, 15) is 18.0 Å². The minimum atomic E-state index is -3.33. The Balaban J connectivity index is 1.73. The highest BCUT2D eigenvalue weighted by Crippen LogP contribution is 2.19. The zero-order chi connectivity index (χ0) is 21.0. The normalized spacial score (nSPS) is 17.1. The van der Waals surface area contributed by atoms with Crippen LogP contribution in [-0.4, -0.2) is 43.6 Å². The molecule has 0 unspecified atom stereocenters. The maximum atomic E-state index is 12.9. The van der Waals surface area contributed by atoms with E-state index in [0.717, 1.165) is 22.1 Å². The summed E-state index contributed by atoms with van der Waals surface area (Å²) >= 11 is 0. The van der Waals surface area contributed by atoms with Crippen LogP contribution in [0.15, 0.2) is 60.0 Å². The lowest BCUT2D eigenvalue weighted by Gasteiger charge is -2.27. The molecule has 29 heavy (non-hydrogen) atoms. The molecule has 0 N–H and O–H groups in total. The molecule has 1 heterocycles. The maximum absolute atomic E-state index is 12.9. The fraction of sp³-hybridized carbons (Fsp3) is 0.273.